The van der Waals surface area contributed by atoms with Crippen molar-refractivity contribution in [2.24, 2.45) is 5.73 Å². The highest BCUT2D eigenvalue weighted by atomic mass is 31.2. The molecular weight excluding hydrogens is 265 g/mol. The Morgan fingerprint density at radius 1 is 0.947 bits per heavy atom. The predicted octanol–water partition coefficient (Wildman–Crippen LogP) is 3.87. The summed E-state index contributed by atoms with van der Waals surface area (Å²) >= 11 is 0. The minimum absolute atomic E-state index is 0.298. The van der Waals surface area contributed by atoms with Crippen LogP contribution in [0.15, 0.2) is 0 Å². The smallest absolute Gasteiger partial charge is 0.328 e. The van der Waals surface area contributed by atoms with E-state index in [1.54, 1.807) is 13.8 Å². The molecule has 0 radical (unpaired) electrons. The first kappa shape index (κ1) is 19.1. The van der Waals surface area contributed by atoms with E-state index >= 15 is 0 Å². The molecule has 0 saturated heterocycles. The van der Waals surface area contributed by atoms with Gasteiger partial charge in [-0.25, -0.2) is 4.57 Å². The van der Waals surface area contributed by atoms with Gasteiger partial charge >= 0.3 is 7.82 Å². The number of hydrogen-bond acceptors (Lipinski definition) is 5. The molecule has 0 heterocycles. The van der Waals surface area contributed by atoms with Crippen LogP contribution < -0.4 is 5.73 Å². The summed E-state index contributed by atoms with van der Waals surface area (Å²) in [5, 5.41) is 0. The van der Waals surface area contributed by atoms with Crippen LogP contribution in [0.5, 0.6) is 0 Å². The fourth-order valence-corrected chi connectivity index (χ4v) is 2.91. The van der Waals surface area contributed by atoms with Crippen molar-refractivity contribution in [3.8, 4) is 0 Å². The molecule has 1 unspecified atom stereocenters. The van der Waals surface area contributed by atoms with Crippen LogP contribution in [0, 0.1) is 0 Å². The molecule has 2 N–H and O–H groups in total. The van der Waals surface area contributed by atoms with Gasteiger partial charge in [-0.05, 0) is 33.6 Å². The van der Waals surface area contributed by atoms with Gasteiger partial charge in [0.1, 0.15) is 0 Å². The van der Waals surface area contributed by atoms with E-state index in [-0.39, 0.29) is 0 Å². The Hall–Kier alpha value is 0.0700. The van der Waals surface area contributed by atoms with E-state index in [1.807, 2.05) is 6.92 Å². The first-order valence-electron chi connectivity index (χ1n) is 7.33. The zero-order chi connectivity index (χ0) is 14.6. The molecule has 0 aromatic rings. The van der Waals surface area contributed by atoms with Gasteiger partial charge in [-0.2, -0.15) is 0 Å². The van der Waals surface area contributed by atoms with E-state index < -0.39 is 7.82 Å². The number of rotatable bonds is 13. The summed E-state index contributed by atoms with van der Waals surface area (Å²) in [5.74, 6) is 0. The van der Waals surface area contributed by atoms with Crippen LogP contribution in [0.1, 0.15) is 59.3 Å². The summed E-state index contributed by atoms with van der Waals surface area (Å²) in [6.45, 7) is 6.65. The van der Waals surface area contributed by atoms with Crippen molar-refractivity contribution >= 4 is 7.82 Å². The Kier molecular flexibility index (Phi) is 11.9. The minimum atomic E-state index is -3.31. The second kappa shape index (κ2) is 11.9. The summed E-state index contributed by atoms with van der Waals surface area (Å²) in [5.41, 5.74) is 5.68. The Bertz CT molecular complexity index is 239. The molecule has 0 aromatic heterocycles. The maximum absolute atomic E-state index is 11.9. The largest absolute Gasteiger partial charge is 0.474 e. The minimum Gasteiger partial charge on any atom is -0.328 e. The molecule has 116 valence electrons. The SMILES string of the molecule is CCOP(=O)(OCC)OCCCCCCCC(C)N. The molecule has 0 spiro atoms. The Morgan fingerprint density at radius 2 is 1.47 bits per heavy atom. The molecule has 6 heteroatoms. The standard InChI is InChI=1S/C13H30NO4P/c1-4-16-19(15,17-5-2)18-12-10-8-6-7-9-11-13(3)14/h13H,4-12,14H2,1-3H3. The highest BCUT2D eigenvalue weighted by Gasteiger charge is 2.24. The quantitative estimate of drug-likeness (QED) is 0.412. The van der Waals surface area contributed by atoms with Crippen LogP contribution in [0.3, 0.4) is 0 Å². The zero-order valence-electron chi connectivity index (χ0n) is 12.6. The molecule has 0 rings (SSSR count). The average molecular weight is 295 g/mol. The lowest BCUT2D eigenvalue weighted by Gasteiger charge is -2.16. The molecule has 0 amide bonds. The highest BCUT2D eigenvalue weighted by Crippen LogP contribution is 2.49. The van der Waals surface area contributed by atoms with Crippen LogP contribution in [0.2, 0.25) is 0 Å². The van der Waals surface area contributed by atoms with Gasteiger partial charge < -0.3 is 5.73 Å². The highest BCUT2D eigenvalue weighted by molar-refractivity contribution is 7.48. The van der Waals surface area contributed by atoms with Crippen LogP contribution >= 0.6 is 7.82 Å². The van der Waals surface area contributed by atoms with E-state index in [0.29, 0.717) is 25.9 Å². The Balaban J connectivity index is 3.53. The Labute approximate surface area is 117 Å². The summed E-state index contributed by atoms with van der Waals surface area (Å²) < 4.78 is 27.3. The summed E-state index contributed by atoms with van der Waals surface area (Å²) in [6, 6.07) is 0.298. The monoisotopic (exact) mass is 295 g/mol. The van der Waals surface area contributed by atoms with Crippen LogP contribution in [0.25, 0.3) is 0 Å². The lowest BCUT2D eigenvalue weighted by Crippen LogP contribution is -2.13. The topological polar surface area (TPSA) is 70.8 Å². The number of unbranched alkanes of at least 4 members (excludes halogenated alkanes) is 4. The third kappa shape index (κ3) is 11.6. The fourth-order valence-electron chi connectivity index (χ4n) is 1.70. The number of phosphoric acid groups is 1. The average Bonchev–Trinajstić information content (AvgIpc) is 2.33. The van der Waals surface area contributed by atoms with Crippen molar-refractivity contribution in [1.29, 1.82) is 0 Å². The van der Waals surface area contributed by atoms with E-state index in [4.69, 9.17) is 19.3 Å². The van der Waals surface area contributed by atoms with Gasteiger partial charge in [0.15, 0.2) is 0 Å². The molecule has 0 aliphatic rings. The summed E-state index contributed by atoms with van der Waals surface area (Å²) in [4.78, 5) is 0. The fraction of sp³-hybridized carbons (Fsp3) is 1.00. The number of phosphoric ester groups is 1. The van der Waals surface area contributed by atoms with E-state index in [0.717, 1.165) is 25.7 Å². The molecular formula is C13H30NO4P. The molecule has 0 aliphatic heterocycles. The van der Waals surface area contributed by atoms with E-state index in [1.165, 1.54) is 12.8 Å². The maximum Gasteiger partial charge on any atom is 0.474 e. The van der Waals surface area contributed by atoms with E-state index in [2.05, 4.69) is 0 Å². The van der Waals surface area contributed by atoms with Gasteiger partial charge in [-0.1, -0.05) is 25.7 Å². The van der Waals surface area contributed by atoms with Crippen molar-refractivity contribution in [3.05, 3.63) is 0 Å². The van der Waals surface area contributed by atoms with Gasteiger partial charge in [-0.3, -0.25) is 13.6 Å². The third-order valence-corrected chi connectivity index (χ3v) is 4.28. The van der Waals surface area contributed by atoms with E-state index in [9.17, 15) is 4.57 Å². The molecule has 0 fully saturated rings. The molecule has 1 atom stereocenters. The van der Waals surface area contributed by atoms with Crippen molar-refractivity contribution in [3.63, 3.8) is 0 Å². The molecule has 5 nitrogen and oxygen atoms in total. The first-order valence-corrected chi connectivity index (χ1v) is 8.79. The van der Waals surface area contributed by atoms with Crippen molar-refractivity contribution in [1.82, 2.24) is 0 Å². The molecule has 0 saturated carbocycles. The van der Waals surface area contributed by atoms with Gasteiger partial charge in [0.25, 0.3) is 0 Å². The van der Waals surface area contributed by atoms with Gasteiger partial charge in [0.05, 0.1) is 19.8 Å². The summed E-state index contributed by atoms with van der Waals surface area (Å²) in [6.07, 6.45) is 6.55. The molecule has 19 heavy (non-hydrogen) atoms. The third-order valence-electron chi connectivity index (χ3n) is 2.63. The second-order valence-corrected chi connectivity index (χ2v) is 6.32. The normalized spacial score (nSPS) is 13.7. The number of hydrogen-bond donors (Lipinski definition) is 1. The molecule has 0 aromatic carbocycles. The van der Waals surface area contributed by atoms with Crippen LogP contribution in [-0.2, 0) is 18.1 Å². The van der Waals surface area contributed by atoms with Gasteiger partial charge in [-0.15, -0.1) is 0 Å². The summed E-state index contributed by atoms with van der Waals surface area (Å²) in [7, 11) is -3.31. The lowest BCUT2D eigenvalue weighted by atomic mass is 10.1. The van der Waals surface area contributed by atoms with Crippen molar-refractivity contribution < 1.29 is 18.1 Å². The van der Waals surface area contributed by atoms with Gasteiger partial charge in [0.2, 0.25) is 0 Å². The van der Waals surface area contributed by atoms with Gasteiger partial charge in [0, 0.05) is 6.04 Å². The number of nitrogens with two attached hydrogens (primary N) is 1. The van der Waals surface area contributed by atoms with Crippen LogP contribution in [0.4, 0.5) is 0 Å². The molecule has 0 bridgehead atoms. The van der Waals surface area contributed by atoms with Crippen molar-refractivity contribution in [2.45, 2.75) is 65.3 Å². The van der Waals surface area contributed by atoms with Crippen molar-refractivity contribution in [2.75, 3.05) is 19.8 Å². The Morgan fingerprint density at radius 3 is 2.00 bits per heavy atom. The zero-order valence-corrected chi connectivity index (χ0v) is 13.5. The maximum atomic E-state index is 11.9. The lowest BCUT2D eigenvalue weighted by molar-refractivity contribution is 0.120. The molecule has 0 aliphatic carbocycles. The van der Waals surface area contributed by atoms with Crippen LogP contribution in [-0.4, -0.2) is 25.9 Å². The second-order valence-electron chi connectivity index (χ2n) is 4.65. The predicted molar refractivity (Wildman–Crippen MR) is 78.2 cm³/mol. The first-order chi connectivity index (χ1) is 9.04.